The Labute approximate surface area is 172 Å². The number of nitrogens with one attached hydrogen (secondary N) is 2. The van der Waals surface area contributed by atoms with E-state index < -0.39 is 0 Å². The molecular formula is C19H28IN5O. The Balaban J connectivity index is 0.00000243. The molecule has 1 aliphatic rings. The van der Waals surface area contributed by atoms with Gasteiger partial charge in [-0.1, -0.05) is 35.5 Å². The highest BCUT2D eigenvalue weighted by Gasteiger charge is 2.23. The molecule has 0 radical (unpaired) electrons. The molecule has 1 aliphatic heterocycles. The van der Waals surface area contributed by atoms with Crippen molar-refractivity contribution in [3.8, 4) is 0 Å². The summed E-state index contributed by atoms with van der Waals surface area (Å²) in [6, 6.07) is 12.9. The van der Waals surface area contributed by atoms with E-state index in [4.69, 9.17) is 4.52 Å². The van der Waals surface area contributed by atoms with Gasteiger partial charge >= 0.3 is 0 Å². The van der Waals surface area contributed by atoms with Crippen LogP contribution in [0, 0.1) is 0 Å². The Morgan fingerprint density at radius 1 is 1.19 bits per heavy atom. The molecular weight excluding hydrogens is 441 g/mol. The van der Waals surface area contributed by atoms with Crippen molar-refractivity contribution >= 4 is 29.9 Å². The lowest BCUT2D eigenvalue weighted by atomic mass is 10.1. The first-order valence-electron chi connectivity index (χ1n) is 9.07. The van der Waals surface area contributed by atoms with Crippen LogP contribution in [0.5, 0.6) is 0 Å². The van der Waals surface area contributed by atoms with Gasteiger partial charge < -0.3 is 15.2 Å². The van der Waals surface area contributed by atoms with Gasteiger partial charge in [0.1, 0.15) is 12.0 Å². The van der Waals surface area contributed by atoms with E-state index in [-0.39, 0.29) is 24.0 Å². The summed E-state index contributed by atoms with van der Waals surface area (Å²) >= 11 is 0. The van der Waals surface area contributed by atoms with E-state index in [1.807, 2.05) is 6.07 Å². The molecule has 1 unspecified atom stereocenters. The highest BCUT2D eigenvalue weighted by atomic mass is 127. The van der Waals surface area contributed by atoms with E-state index in [0.29, 0.717) is 12.6 Å². The lowest BCUT2D eigenvalue weighted by Crippen LogP contribution is -2.42. The number of guanidine groups is 1. The van der Waals surface area contributed by atoms with Gasteiger partial charge in [-0.25, -0.2) is 4.99 Å². The van der Waals surface area contributed by atoms with Gasteiger partial charge in [0.25, 0.3) is 0 Å². The highest BCUT2D eigenvalue weighted by Crippen LogP contribution is 2.24. The normalized spacial score (nSPS) is 16.1. The summed E-state index contributed by atoms with van der Waals surface area (Å²) in [5.41, 5.74) is 2.18. The van der Waals surface area contributed by atoms with E-state index in [1.54, 1.807) is 6.26 Å². The van der Waals surface area contributed by atoms with Gasteiger partial charge in [-0.15, -0.1) is 24.0 Å². The zero-order chi connectivity index (χ0) is 17.3. The van der Waals surface area contributed by atoms with Crippen molar-refractivity contribution in [2.24, 2.45) is 4.99 Å². The van der Waals surface area contributed by atoms with Crippen molar-refractivity contribution in [2.75, 3.05) is 26.2 Å². The lowest BCUT2D eigenvalue weighted by Gasteiger charge is -2.29. The van der Waals surface area contributed by atoms with Crippen molar-refractivity contribution in [1.82, 2.24) is 20.7 Å². The number of likely N-dealkylation sites (tertiary alicyclic amines) is 1. The van der Waals surface area contributed by atoms with E-state index in [0.717, 1.165) is 37.8 Å². The zero-order valence-corrected chi connectivity index (χ0v) is 17.6. The molecule has 1 atom stereocenters. The zero-order valence-electron chi connectivity index (χ0n) is 15.2. The second-order valence-electron chi connectivity index (χ2n) is 6.24. The van der Waals surface area contributed by atoms with Gasteiger partial charge in [0.2, 0.25) is 0 Å². The predicted octanol–water partition coefficient (Wildman–Crippen LogP) is 3.18. The number of nitrogens with zero attached hydrogens (tertiary/aromatic N) is 3. The minimum atomic E-state index is 0. The Kier molecular flexibility index (Phi) is 8.90. The van der Waals surface area contributed by atoms with Crippen LogP contribution in [0.3, 0.4) is 0 Å². The smallest absolute Gasteiger partial charge is 0.191 e. The van der Waals surface area contributed by atoms with Crippen molar-refractivity contribution in [2.45, 2.75) is 32.4 Å². The van der Waals surface area contributed by atoms with Crippen LogP contribution in [0.4, 0.5) is 0 Å². The summed E-state index contributed by atoms with van der Waals surface area (Å²) in [6.07, 6.45) is 4.14. The minimum absolute atomic E-state index is 0. The molecule has 26 heavy (non-hydrogen) atoms. The topological polar surface area (TPSA) is 65.7 Å². The second kappa shape index (κ2) is 11.2. The molecule has 0 aliphatic carbocycles. The molecule has 1 saturated heterocycles. The summed E-state index contributed by atoms with van der Waals surface area (Å²) in [4.78, 5) is 7.16. The Morgan fingerprint density at radius 3 is 2.62 bits per heavy atom. The van der Waals surface area contributed by atoms with Gasteiger partial charge in [0.05, 0.1) is 12.6 Å². The van der Waals surface area contributed by atoms with Crippen LogP contribution in [0.25, 0.3) is 0 Å². The van der Waals surface area contributed by atoms with Crippen LogP contribution in [0.15, 0.2) is 52.2 Å². The molecule has 0 saturated carbocycles. The molecule has 0 bridgehead atoms. The molecule has 3 rings (SSSR count). The molecule has 2 N–H and O–H groups in total. The summed E-state index contributed by atoms with van der Waals surface area (Å²) < 4.78 is 4.86. The average Bonchev–Trinajstić information content (AvgIpc) is 3.35. The fourth-order valence-corrected chi connectivity index (χ4v) is 3.20. The van der Waals surface area contributed by atoms with Crippen molar-refractivity contribution in [1.29, 1.82) is 0 Å². The number of halogens is 1. The monoisotopic (exact) mass is 469 g/mol. The third-order valence-corrected chi connectivity index (χ3v) is 4.46. The van der Waals surface area contributed by atoms with Gasteiger partial charge in [0.15, 0.2) is 5.96 Å². The molecule has 7 heteroatoms. The fourth-order valence-electron chi connectivity index (χ4n) is 3.20. The molecule has 0 amide bonds. The maximum Gasteiger partial charge on any atom is 0.191 e. The maximum absolute atomic E-state index is 4.86. The second-order valence-corrected chi connectivity index (χ2v) is 6.24. The van der Waals surface area contributed by atoms with Gasteiger partial charge in [-0.05, 0) is 38.4 Å². The quantitative estimate of drug-likeness (QED) is 0.371. The summed E-state index contributed by atoms with van der Waals surface area (Å²) in [5.74, 6) is 0.811. The van der Waals surface area contributed by atoms with Crippen LogP contribution in [-0.2, 0) is 6.54 Å². The Bertz CT molecular complexity index is 641. The predicted molar refractivity (Wildman–Crippen MR) is 115 cm³/mol. The first kappa shape index (κ1) is 20.7. The Hall–Kier alpha value is -1.61. The van der Waals surface area contributed by atoms with Crippen LogP contribution in [-0.4, -0.2) is 42.2 Å². The van der Waals surface area contributed by atoms with Crippen molar-refractivity contribution in [3.05, 3.63) is 53.9 Å². The SMILES string of the molecule is CCNC(=NCc1ccon1)NCC(c1ccccc1)N1CCCC1.I. The van der Waals surface area contributed by atoms with E-state index >= 15 is 0 Å². The summed E-state index contributed by atoms with van der Waals surface area (Å²) in [6.45, 7) is 6.55. The third kappa shape index (κ3) is 5.98. The summed E-state index contributed by atoms with van der Waals surface area (Å²) in [7, 11) is 0. The molecule has 2 heterocycles. The minimum Gasteiger partial charge on any atom is -0.364 e. The molecule has 2 aromatic rings. The van der Waals surface area contributed by atoms with E-state index in [2.05, 4.69) is 62.9 Å². The molecule has 0 spiro atoms. The van der Waals surface area contributed by atoms with Crippen LogP contribution in [0.1, 0.15) is 37.1 Å². The Morgan fingerprint density at radius 2 is 1.96 bits per heavy atom. The molecule has 1 aromatic carbocycles. The standard InChI is InChI=1S/C19H27N5O.HI/c1-2-20-19(21-14-17-10-13-25-23-17)22-15-18(24-11-6-7-12-24)16-8-4-3-5-9-16;/h3-5,8-10,13,18H,2,6-7,11-12,14-15H2,1H3,(H2,20,21,22);1H. The largest absolute Gasteiger partial charge is 0.364 e. The highest BCUT2D eigenvalue weighted by molar-refractivity contribution is 14.0. The first-order chi connectivity index (χ1) is 12.4. The molecule has 142 valence electrons. The fraction of sp³-hybridized carbons (Fsp3) is 0.474. The van der Waals surface area contributed by atoms with Crippen LogP contribution >= 0.6 is 24.0 Å². The molecule has 1 fully saturated rings. The average molecular weight is 469 g/mol. The number of benzene rings is 1. The number of hydrogen-bond acceptors (Lipinski definition) is 4. The van der Waals surface area contributed by atoms with Crippen molar-refractivity contribution < 1.29 is 4.52 Å². The molecule has 6 nitrogen and oxygen atoms in total. The van der Waals surface area contributed by atoms with Gasteiger partial charge in [-0.3, -0.25) is 4.90 Å². The van der Waals surface area contributed by atoms with Gasteiger partial charge in [0, 0.05) is 19.2 Å². The summed E-state index contributed by atoms with van der Waals surface area (Å²) in [5, 5.41) is 10.7. The van der Waals surface area contributed by atoms with Gasteiger partial charge in [-0.2, -0.15) is 0 Å². The van der Waals surface area contributed by atoms with Crippen molar-refractivity contribution in [3.63, 3.8) is 0 Å². The number of hydrogen-bond donors (Lipinski definition) is 2. The lowest BCUT2D eigenvalue weighted by molar-refractivity contribution is 0.245. The number of aliphatic imine (C=N–C) groups is 1. The first-order valence-corrected chi connectivity index (χ1v) is 9.07. The maximum atomic E-state index is 4.86. The number of rotatable bonds is 7. The van der Waals surface area contributed by atoms with E-state index in [9.17, 15) is 0 Å². The van der Waals surface area contributed by atoms with Crippen LogP contribution < -0.4 is 10.6 Å². The number of aromatic nitrogens is 1. The van der Waals surface area contributed by atoms with E-state index in [1.165, 1.54) is 18.4 Å². The molecule has 1 aromatic heterocycles. The third-order valence-electron chi connectivity index (χ3n) is 4.46. The van der Waals surface area contributed by atoms with Crippen LogP contribution in [0.2, 0.25) is 0 Å².